The third kappa shape index (κ3) is 3.76. The van der Waals surface area contributed by atoms with Crippen LogP contribution in [0.1, 0.15) is 26.7 Å². The summed E-state index contributed by atoms with van der Waals surface area (Å²) in [5.74, 6) is 0.748. The van der Waals surface area contributed by atoms with Gasteiger partial charge in [0.05, 0.1) is 0 Å². The summed E-state index contributed by atoms with van der Waals surface area (Å²) in [6, 6.07) is 0. The standard InChI is InChI=1S/C12H25N3O/c1-12(2,9-14-11(16)4-6-13)10-5-7-15(3)8-10/h10H,4-9,13H2,1-3H3,(H,14,16). The fraction of sp³-hybridized carbons (Fsp3) is 0.917. The van der Waals surface area contributed by atoms with Crippen molar-refractivity contribution in [1.29, 1.82) is 0 Å². The van der Waals surface area contributed by atoms with Gasteiger partial charge in [0, 0.05) is 26.1 Å². The molecule has 0 aliphatic carbocycles. The van der Waals surface area contributed by atoms with Gasteiger partial charge < -0.3 is 16.0 Å². The normalized spacial score (nSPS) is 22.4. The van der Waals surface area contributed by atoms with Crippen molar-refractivity contribution >= 4 is 5.91 Å². The number of carbonyl (C=O) groups excluding carboxylic acids is 1. The van der Waals surface area contributed by atoms with E-state index in [1.807, 2.05) is 0 Å². The first-order chi connectivity index (χ1) is 7.45. The average Bonchev–Trinajstić information content (AvgIpc) is 2.63. The second kappa shape index (κ2) is 5.64. The predicted molar refractivity (Wildman–Crippen MR) is 66.1 cm³/mol. The number of hydrogen-bond acceptors (Lipinski definition) is 3. The minimum absolute atomic E-state index is 0.0712. The van der Waals surface area contributed by atoms with Crippen molar-refractivity contribution < 1.29 is 4.79 Å². The molecule has 1 aliphatic heterocycles. The molecule has 1 heterocycles. The van der Waals surface area contributed by atoms with E-state index in [0.717, 1.165) is 13.1 Å². The number of likely N-dealkylation sites (tertiary alicyclic amines) is 1. The van der Waals surface area contributed by atoms with Crippen molar-refractivity contribution in [3.05, 3.63) is 0 Å². The molecule has 0 aromatic carbocycles. The van der Waals surface area contributed by atoms with E-state index in [9.17, 15) is 4.79 Å². The maximum atomic E-state index is 11.4. The van der Waals surface area contributed by atoms with Crippen molar-refractivity contribution in [3.8, 4) is 0 Å². The Kier molecular flexibility index (Phi) is 4.74. The molecule has 1 aliphatic rings. The first-order valence-corrected chi connectivity index (χ1v) is 6.11. The number of hydrogen-bond donors (Lipinski definition) is 2. The van der Waals surface area contributed by atoms with Gasteiger partial charge >= 0.3 is 0 Å². The third-order valence-electron chi connectivity index (χ3n) is 3.61. The molecule has 1 amide bonds. The summed E-state index contributed by atoms with van der Waals surface area (Å²) in [6.07, 6.45) is 1.66. The van der Waals surface area contributed by atoms with Crippen molar-refractivity contribution in [3.63, 3.8) is 0 Å². The molecule has 1 fully saturated rings. The topological polar surface area (TPSA) is 58.4 Å². The molecular formula is C12H25N3O. The Hall–Kier alpha value is -0.610. The second-order valence-corrected chi connectivity index (χ2v) is 5.55. The van der Waals surface area contributed by atoms with Crippen LogP contribution in [0.15, 0.2) is 0 Å². The van der Waals surface area contributed by atoms with Gasteiger partial charge in [0.1, 0.15) is 0 Å². The van der Waals surface area contributed by atoms with E-state index in [0.29, 0.717) is 18.9 Å². The van der Waals surface area contributed by atoms with Gasteiger partial charge in [-0.2, -0.15) is 0 Å². The molecule has 1 rings (SSSR count). The van der Waals surface area contributed by atoms with Crippen molar-refractivity contribution in [2.24, 2.45) is 17.1 Å². The number of nitrogens with zero attached hydrogens (tertiary/aromatic N) is 1. The fourth-order valence-electron chi connectivity index (χ4n) is 2.26. The van der Waals surface area contributed by atoms with Crippen molar-refractivity contribution in [2.75, 3.05) is 33.2 Å². The molecule has 94 valence electrons. The van der Waals surface area contributed by atoms with Gasteiger partial charge in [0.15, 0.2) is 0 Å². The third-order valence-corrected chi connectivity index (χ3v) is 3.61. The lowest BCUT2D eigenvalue weighted by atomic mass is 9.78. The summed E-state index contributed by atoms with van der Waals surface area (Å²) in [6.45, 7) is 7.96. The molecule has 1 saturated heterocycles. The van der Waals surface area contributed by atoms with Crippen LogP contribution in [0.3, 0.4) is 0 Å². The van der Waals surface area contributed by atoms with Gasteiger partial charge in [0.2, 0.25) is 5.91 Å². The molecule has 0 spiro atoms. The van der Waals surface area contributed by atoms with E-state index in [1.165, 1.54) is 13.0 Å². The number of carbonyl (C=O) groups is 1. The van der Waals surface area contributed by atoms with Crippen molar-refractivity contribution in [2.45, 2.75) is 26.7 Å². The maximum Gasteiger partial charge on any atom is 0.221 e. The zero-order valence-electron chi connectivity index (χ0n) is 10.8. The predicted octanol–water partition coefficient (Wildman–Crippen LogP) is 0.429. The Morgan fingerprint density at radius 3 is 2.75 bits per heavy atom. The lowest BCUT2D eigenvalue weighted by Crippen LogP contribution is -2.39. The number of nitrogens with one attached hydrogen (secondary N) is 1. The Labute approximate surface area is 98.6 Å². The summed E-state index contributed by atoms with van der Waals surface area (Å²) in [7, 11) is 2.16. The SMILES string of the molecule is CN1CCC(C(C)(C)CNC(=O)CCN)C1. The molecule has 1 unspecified atom stereocenters. The second-order valence-electron chi connectivity index (χ2n) is 5.55. The van der Waals surface area contributed by atoms with Crippen LogP contribution in [0.4, 0.5) is 0 Å². The highest BCUT2D eigenvalue weighted by Gasteiger charge is 2.33. The van der Waals surface area contributed by atoms with E-state index in [4.69, 9.17) is 5.73 Å². The van der Waals surface area contributed by atoms with Crippen LogP contribution >= 0.6 is 0 Å². The van der Waals surface area contributed by atoms with Crippen LogP contribution in [-0.2, 0) is 4.79 Å². The minimum atomic E-state index is 0.0712. The first kappa shape index (κ1) is 13.5. The average molecular weight is 227 g/mol. The molecule has 1 atom stereocenters. The van der Waals surface area contributed by atoms with Crippen LogP contribution in [-0.4, -0.2) is 44.0 Å². The lowest BCUT2D eigenvalue weighted by Gasteiger charge is -2.31. The van der Waals surface area contributed by atoms with Crippen LogP contribution in [0, 0.1) is 11.3 Å². The lowest BCUT2D eigenvalue weighted by molar-refractivity contribution is -0.121. The van der Waals surface area contributed by atoms with Gasteiger partial charge in [-0.05, 0) is 31.3 Å². The van der Waals surface area contributed by atoms with E-state index < -0.39 is 0 Å². The molecule has 0 bridgehead atoms. The highest BCUT2D eigenvalue weighted by atomic mass is 16.1. The van der Waals surface area contributed by atoms with Gasteiger partial charge in [-0.3, -0.25) is 4.79 Å². The monoisotopic (exact) mass is 227 g/mol. The maximum absolute atomic E-state index is 11.4. The fourth-order valence-corrected chi connectivity index (χ4v) is 2.26. The molecule has 0 saturated carbocycles. The summed E-state index contributed by atoms with van der Waals surface area (Å²) < 4.78 is 0. The number of nitrogens with two attached hydrogens (primary N) is 1. The Bertz CT molecular complexity index is 240. The Morgan fingerprint density at radius 1 is 1.56 bits per heavy atom. The Morgan fingerprint density at radius 2 is 2.25 bits per heavy atom. The highest BCUT2D eigenvalue weighted by molar-refractivity contribution is 5.76. The zero-order valence-corrected chi connectivity index (χ0v) is 10.8. The van der Waals surface area contributed by atoms with Crippen LogP contribution in [0.25, 0.3) is 0 Å². The minimum Gasteiger partial charge on any atom is -0.356 e. The smallest absolute Gasteiger partial charge is 0.221 e. The molecule has 0 aromatic heterocycles. The van der Waals surface area contributed by atoms with Gasteiger partial charge in [-0.25, -0.2) is 0 Å². The van der Waals surface area contributed by atoms with Crippen LogP contribution in [0.5, 0.6) is 0 Å². The van der Waals surface area contributed by atoms with E-state index in [-0.39, 0.29) is 11.3 Å². The molecule has 0 aromatic rings. The van der Waals surface area contributed by atoms with E-state index >= 15 is 0 Å². The quantitative estimate of drug-likeness (QED) is 0.716. The molecular weight excluding hydrogens is 202 g/mol. The molecule has 3 N–H and O–H groups in total. The van der Waals surface area contributed by atoms with Gasteiger partial charge in [-0.1, -0.05) is 13.8 Å². The highest BCUT2D eigenvalue weighted by Crippen LogP contribution is 2.33. The summed E-state index contributed by atoms with van der Waals surface area (Å²) in [5, 5.41) is 2.98. The zero-order chi connectivity index (χ0) is 12.2. The first-order valence-electron chi connectivity index (χ1n) is 6.11. The van der Waals surface area contributed by atoms with Gasteiger partial charge in [-0.15, -0.1) is 0 Å². The van der Waals surface area contributed by atoms with Gasteiger partial charge in [0.25, 0.3) is 0 Å². The largest absolute Gasteiger partial charge is 0.356 e. The van der Waals surface area contributed by atoms with E-state index in [1.54, 1.807) is 0 Å². The van der Waals surface area contributed by atoms with Crippen LogP contribution < -0.4 is 11.1 Å². The molecule has 4 heteroatoms. The molecule has 0 radical (unpaired) electrons. The number of amides is 1. The van der Waals surface area contributed by atoms with Crippen molar-refractivity contribution in [1.82, 2.24) is 10.2 Å². The summed E-state index contributed by atoms with van der Waals surface area (Å²) in [4.78, 5) is 13.7. The Balaban J connectivity index is 2.36. The summed E-state index contributed by atoms with van der Waals surface area (Å²) >= 11 is 0. The van der Waals surface area contributed by atoms with Crippen LogP contribution in [0.2, 0.25) is 0 Å². The summed E-state index contributed by atoms with van der Waals surface area (Å²) in [5.41, 5.74) is 5.52. The molecule has 16 heavy (non-hydrogen) atoms. The molecule has 4 nitrogen and oxygen atoms in total. The number of rotatable bonds is 5. The van der Waals surface area contributed by atoms with E-state index in [2.05, 4.69) is 31.1 Å².